The van der Waals surface area contributed by atoms with Gasteiger partial charge in [-0.25, -0.2) is 0 Å². The lowest BCUT2D eigenvalue weighted by Gasteiger charge is -2.20. The number of ether oxygens (including phenoxy) is 1. The van der Waals surface area contributed by atoms with Crippen LogP contribution in [0.3, 0.4) is 0 Å². The summed E-state index contributed by atoms with van der Waals surface area (Å²) in [5.74, 6) is 1.34. The molecule has 0 spiro atoms. The summed E-state index contributed by atoms with van der Waals surface area (Å²) in [6.45, 7) is 10.5. The summed E-state index contributed by atoms with van der Waals surface area (Å²) in [6.07, 6.45) is 0. The highest BCUT2D eigenvalue weighted by Crippen LogP contribution is 2.31. The monoisotopic (exact) mass is 297 g/mol. The van der Waals surface area contributed by atoms with Crippen LogP contribution in [0.1, 0.15) is 37.8 Å². The van der Waals surface area contributed by atoms with E-state index < -0.39 is 0 Å². The fraction of sp³-hybridized carbons (Fsp3) is 0.400. The van der Waals surface area contributed by atoms with Crippen molar-refractivity contribution >= 4 is 0 Å². The van der Waals surface area contributed by atoms with Crippen molar-refractivity contribution in [2.24, 2.45) is 0 Å². The van der Waals surface area contributed by atoms with Crippen molar-refractivity contribution in [2.75, 3.05) is 26.2 Å². The molecule has 2 rings (SSSR count). The van der Waals surface area contributed by atoms with E-state index in [9.17, 15) is 0 Å². The smallest absolute Gasteiger partial charge is 0.123 e. The highest BCUT2D eigenvalue weighted by Gasteiger charge is 2.13. The zero-order valence-electron chi connectivity index (χ0n) is 14.0. The highest BCUT2D eigenvalue weighted by molar-refractivity contribution is 5.41. The predicted octanol–water partition coefficient (Wildman–Crippen LogP) is 4.56. The van der Waals surface area contributed by atoms with Gasteiger partial charge in [0, 0.05) is 18.0 Å². The maximum absolute atomic E-state index is 6.07. The Morgan fingerprint density at radius 3 is 2.23 bits per heavy atom. The Labute approximate surface area is 134 Å². The number of hydrogen-bond donors (Lipinski definition) is 0. The molecule has 2 aromatic rings. The number of nitrogens with zero attached hydrogens (tertiary/aromatic N) is 1. The first-order chi connectivity index (χ1) is 10.8. The third-order valence-corrected chi connectivity index (χ3v) is 4.24. The standard InChI is InChI=1S/C20H27NO/c1-4-21(5-2)15-16-22-20-14-10-9-13-19(20)17(3)18-11-7-6-8-12-18/h6-14,17H,4-5,15-16H2,1-3H3/t17-/m0/s1. The van der Waals surface area contributed by atoms with Gasteiger partial charge in [0.15, 0.2) is 0 Å². The first kappa shape index (κ1) is 16.6. The Hall–Kier alpha value is -1.80. The van der Waals surface area contributed by atoms with E-state index in [2.05, 4.69) is 74.2 Å². The van der Waals surface area contributed by atoms with Crippen molar-refractivity contribution < 1.29 is 4.74 Å². The maximum atomic E-state index is 6.07. The van der Waals surface area contributed by atoms with E-state index >= 15 is 0 Å². The Balaban J connectivity index is 2.07. The van der Waals surface area contributed by atoms with Crippen molar-refractivity contribution in [3.63, 3.8) is 0 Å². The van der Waals surface area contributed by atoms with E-state index in [-0.39, 0.29) is 0 Å². The number of hydrogen-bond acceptors (Lipinski definition) is 2. The quantitative estimate of drug-likeness (QED) is 0.708. The van der Waals surface area contributed by atoms with Crippen LogP contribution in [0.4, 0.5) is 0 Å². The molecule has 0 unspecified atom stereocenters. The molecule has 118 valence electrons. The summed E-state index contributed by atoms with van der Waals surface area (Å²) >= 11 is 0. The van der Waals surface area contributed by atoms with Gasteiger partial charge >= 0.3 is 0 Å². The summed E-state index contributed by atoms with van der Waals surface area (Å²) in [5, 5.41) is 0. The molecule has 0 amide bonds. The van der Waals surface area contributed by atoms with Gasteiger partial charge in [0.05, 0.1) is 0 Å². The van der Waals surface area contributed by atoms with Crippen LogP contribution in [0.15, 0.2) is 54.6 Å². The summed E-state index contributed by atoms with van der Waals surface area (Å²) in [6, 6.07) is 19.0. The van der Waals surface area contributed by atoms with Crippen molar-refractivity contribution in [3.8, 4) is 5.75 Å². The van der Waals surface area contributed by atoms with E-state index in [1.165, 1.54) is 11.1 Å². The van der Waals surface area contributed by atoms with Gasteiger partial charge in [0.1, 0.15) is 12.4 Å². The van der Waals surface area contributed by atoms with Gasteiger partial charge in [-0.1, -0.05) is 69.3 Å². The van der Waals surface area contributed by atoms with Crippen molar-refractivity contribution in [3.05, 3.63) is 65.7 Å². The molecule has 0 bridgehead atoms. The van der Waals surface area contributed by atoms with Crippen LogP contribution < -0.4 is 4.74 Å². The molecule has 0 radical (unpaired) electrons. The minimum absolute atomic E-state index is 0.339. The zero-order valence-corrected chi connectivity index (χ0v) is 14.0. The Kier molecular flexibility index (Phi) is 6.47. The van der Waals surface area contributed by atoms with Gasteiger partial charge in [-0.15, -0.1) is 0 Å². The molecule has 0 aromatic heterocycles. The van der Waals surface area contributed by atoms with Crippen LogP contribution in [-0.4, -0.2) is 31.1 Å². The number of benzene rings is 2. The molecule has 0 aliphatic rings. The number of likely N-dealkylation sites (N-methyl/N-ethyl adjacent to an activating group) is 1. The maximum Gasteiger partial charge on any atom is 0.123 e. The number of rotatable bonds is 8. The van der Waals surface area contributed by atoms with E-state index in [1.807, 2.05) is 6.07 Å². The van der Waals surface area contributed by atoms with Gasteiger partial charge in [-0.2, -0.15) is 0 Å². The molecule has 2 heteroatoms. The Bertz CT molecular complexity index is 549. The van der Waals surface area contributed by atoms with Gasteiger partial charge in [0.2, 0.25) is 0 Å². The van der Waals surface area contributed by atoms with Crippen LogP contribution in [0, 0.1) is 0 Å². The molecule has 22 heavy (non-hydrogen) atoms. The van der Waals surface area contributed by atoms with E-state index in [0.29, 0.717) is 5.92 Å². The lowest BCUT2D eigenvalue weighted by atomic mass is 9.92. The highest BCUT2D eigenvalue weighted by atomic mass is 16.5. The van der Waals surface area contributed by atoms with Crippen LogP contribution in [0.2, 0.25) is 0 Å². The zero-order chi connectivity index (χ0) is 15.8. The SMILES string of the molecule is CCN(CC)CCOc1ccccc1[C@@H](C)c1ccccc1. The minimum Gasteiger partial charge on any atom is -0.492 e. The molecule has 0 saturated carbocycles. The number of para-hydroxylation sites is 1. The minimum atomic E-state index is 0.339. The second kappa shape index (κ2) is 8.60. The predicted molar refractivity (Wildman–Crippen MR) is 93.7 cm³/mol. The van der Waals surface area contributed by atoms with E-state index in [0.717, 1.165) is 32.0 Å². The summed E-state index contributed by atoms with van der Waals surface area (Å²) in [4.78, 5) is 2.38. The van der Waals surface area contributed by atoms with Crippen molar-refractivity contribution in [1.82, 2.24) is 4.90 Å². The summed E-state index contributed by atoms with van der Waals surface area (Å²) < 4.78 is 6.07. The molecule has 0 saturated heterocycles. The van der Waals surface area contributed by atoms with Gasteiger partial charge in [-0.3, -0.25) is 0 Å². The van der Waals surface area contributed by atoms with Gasteiger partial charge in [0.25, 0.3) is 0 Å². The molecule has 2 aromatic carbocycles. The van der Waals surface area contributed by atoms with E-state index in [4.69, 9.17) is 4.74 Å². The molecule has 1 atom stereocenters. The molecule has 2 nitrogen and oxygen atoms in total. The second-order valence-electron chi connectivity index (χ2n) is 5.55. The van der Waals surface area contributed by atoms with Crippen LogP contribution in [0.5, 0.6) is 5.75 Å². The van der Waals surface area contributed by atoms with Gasteiger partial charge < -0.3 is 9.64 Å². The van der Waals surface area contributed by atoms with Crippen molar-refractivity contribution in [1.29, 1.82) is 0 Å². The molecular formula is C20H27NO. The molecule has 0 fully saturated rings. The first-order valence-corrected chi connectivity index (χ1v) is 8.25. The molecule has 0 aliphatic heterocycles. The third-order valence-electron chi connectivity index (χ3n) is 4.24. The fourth-order valence-electron chi connectivity index (χ4n) is 2.72. The van der Waals surface area contributed by atoms with Crippen LogP contribution >= 0.6 is 0 Å². The lowest BCUT2D eigenvalue weighted by molar-refractivity contribution is 0.221. The molecule has 0 aliphatic carbocycles. The fourth-order valence-corrected chi connectivity index (χ4v) is 2.72. The van der Waals surface area contributed by atoms with Crippen molar-refractivity contribution in [2.45, 2.75) is 26.7 Å². The Morgan fingerprint density at radius 2 is 1.55 bits per heavy atom. The largest absolute Gasteiger partial charge is 0.492 e. The summed E-state index contributed by atoms with van der Waals surface area (Å²) in [7, 11) is 0. The molecular weight excluding hydrogens is 270 g/mol. The normalized spacial score (nSPS) is 12.4. The van der Waals surface area contributed by atoms with Crippen LogP contribution in [-0.2, 0) is 0 Å². The Morgan fingerprint density at radius 1 is 0.909 bits per heavy atom. The van der Waals surface area contributed by atoms with Gasteiger partial charge in [-0.05, 0) is 24.7 Å². The molecule has 0 N–H and O–H groups in total. The third kappa shape index (κ3) is 4.35. The lowest BCUT2D eigenvalue weighted by Crippen LogP contribution is -2.28. The van der Waals surface area contributed by atoms with Crippen LogP contribution in [0.25, 0.3) is 0 Å². The van der Waals surface area contributed by atoms with E-state index in [1.54, 1.807) is 0 Å². The summed E-state index contributed by atoms with van der Waals surface area (Å²) in [5.41, 5.74) is 2.58. The molecule has 0 heterocycles. The first-order valence-electron chi connectivity index (χ1n) is 8.25. The average Bonchev–Trinajstić information content (AvgIpc) is 2.59. The average molecular weight is 297 g/mol. The second-order valence-corrected chi connectivity index (χ2v) is 5.55. The topological polar surface area (TPSA) is 12.5 Å².